The van der Waals surface area contributed by atoms with Gasteiger partial charge in [0.2, 0.25) is 5.91 Å². The van der Waals surface area contributed by atoms with E-state index in [4.69, 9.17) is 11.6 Å². The fourth-order valence-corrected chi connectivity index (χ4v) is 4.54. The van der Waals surface area contributed by atoms with Crippen LogP contribution in [0, 0.1) is 0 Å². The van der Waals surface area contributed by atoms with Crippen molar-refractivity contribution in [3.05, 3.63) is 82.9 Å². The van der Waals surface area contributed by atoms with Crippen LogP contribution in [0.1, 0.15) is 24.5 Å². The minimum atomic E-state index is -0.132. The lowest BCUT2D eigenvalue weighted by atomic mass is 10.0. The number of likely N-dealkylation sites (tertiary alicyclic amines) is 1. The van der Waals surface area contributed by atoms with E-state index in [0.717, 1.165) is 30.1 Å². The van der Waals surface area contributed by atoms with Crippen LogP contribution in [0.25, 0.3) is 10.8 Å². The molecule has 1 aliphatic heterocycles. The van der Waals surface area contributed by atoms with E-state index in [0.29, 0.717) is 13.1 Å². The maximum atomic E-state index is 12.8. The highest BCUT2D eigenvalue weighted by Crippen LogP contribution is 2.26. The van der Waals surface area contributed by atoms with Gasteiger partial charge in [-0.25, -0.2) is 0 Å². The van der Waals surface area contributed by atoms with Crippen molar-refractivity contribution in [3.8, 4) is 0 Å². The summed E-state index contributed by atoms with van der Waals surface area (Å²) in [5, 5.41) is 9.89. The Bertz CT molecular complexity index is 1020. The zero-order chi connectivity index (χ0) is 20.9. The molecule has 2 N–H and O–H groups in total. The minimum absolute atomic E-state index is 0.111. The van der Waals surface area contributed by atoms with Crippen molar-refractivity contribution >= 4 is 28.3 Å². The number of likely N-dealkylation sites (N-methyl/N-ethyl adjacent to an activating group) is 1. The Balaban J connectivity index is 1.50. The quantitative estimate of drug-likeness (QED) is 0.595. The summed E-state index contributed by atoms with van der Waals surface area (Å²) in [6.07, 6.45) is 0.793. The Morgan fingerprint density at radius 2 is 1.77 bits per heavy atom. The highest BCUT2D eigenvalue weighted by atomic mass is 35.5. The molecule has 1 saturated heterocycles. The van der Waals surface area contributed by atoms with Crippen LogP contribution >= 0.6 is 11.6 Å². The summed E-state index contributed by atoms with van der Waals surface area (Å²) in [5.41, 5.74) is 2.34. The second kappa shape index (κ2) is 9.61. The maximum Gasteiger partial charge on any atom is 0.237 e. The van der Waals surface area contributed by atoms with Crippen LogP contribution in [0.4, 0.5) is 0 Å². The number of nitrogens with zero attached hydrogens (tertiary/aromatic N) is 1. The number of nitrogens with one attached hydrogen (secondary N) is 2. The first-order valence-electron chi connectivity index (χ1n) is 10.6. The molecule has 1 heterocycles. The lowest BCUT2D eigenvalue weighted by Gasteiger charge is -2.24. The fraction of sp³-hybridized carbons (Fsp3) is 0.320. The molecule has 0 spiro atoms. The van der Waals surface area contributed by atoms with Gasteiger partial charge in [0.1, 0.15) is 0 Å². The first kappa shape index (κ1) is 20.9. The van der Waals surface area contributed by atoms with Crippen molar-refractivity contribution in [3.63, 3.8) is 0 Å². The molecule has 3 aromatic rings. The summed E-state index contributed by atoms with van der Waals surface area (Å²) < 4.78 is 0. The molecular weight excluding hydrogens is 394 g/mol. The van der Waals surface area contributed by atoms with Gasteiger partial charge in [-0.2, -0.15) is 0 Å². The molecule has 0 saturated carbocycles. The summed E-state index contributed by atoms with van der Waals surface area (Å²) in [7, 11) is 0. The van der Waals surface area contributed by atoms with Gasteiger partial charge in [0, 0.05) is 37.2 Å². The predicted molar refractivity (Wildman–Crippen MR) is 124 cm³/mol. The number of rotatable bonds is 7. The maximum absolute atomic E-state index is 12.8. The topological polar surface area (TPSA) is 44.4 Å². The van der Waals surface area contributed by atoms with E-state index in [9.17, 15) is 4.79 Å². The molecule has 30 heavy (non-hydrogen) atoms. The predicted octanol–water partition coefficient (Wildman–Crippen LogP) is 4.36. The molecule has 1 amide bonds. The molecule has 0 aromatic heterocycles. The Morgan fingerprint density at radius 1 is 1.03 bits per heavy atom. The second-order valence-corrected chi connectivity index (χ2v) is 8.29. The van der Waals surface area contributed by atoms with Crippen LogP contribution in [-0.2, 0) is 17.9 Å². The first-order chi connectivity index (χ1) is 14.7. The van der Waals surface area contributed by atoms with Crippen molar-refractivity contribution in [2.45, 2.75) is 38.5 Å². The third-order valence-electron chi connectivity index (χ3n) is 5.85. The van der Waals surface area contributed by atoms with Crippen molar-refractivity contribution in [1.82, 2.24) is 15.5 Å². The van der Waals surface area contributed by atoms with Crippen molar-refractivity contribution in [2.24, 2.45) is 0 Å². The molecule has 1 aliphatic rings. The van der Waals surface area contributed by atoms with Crippen molar-refractivity contribution < 1.29 is 4.79 Å². The first-order valence-corrected chi connectivity index (χ1v) is 11.0. The zero-order valence-electron chi connectivity index (χ0n) is 17.3. The van der Waals surface area contributed by atoms with Gasteiger partial charge in [0.05, 0.1) is 6.04 Å². The number of hydrogen-bond acceptors (Lipinski definition) is 3. The molecule has 0 aliphatic carbocycles. The Labute approximate surface area is 183 Å². The summed E-state index contributed by atoms with van der Waals surface area (Å²) in [6, 6.07) is 22.8. The summed E-state index contributed by atoms with van der Waals surface area (Å²) in [6.45, 7) is 4.90. The van der Waals surface area contributed by atoms with E-state index < -0.39 is 0 Å². The Hall–Kier alpha value is -2.40. The van der Waals surface area contributed by atoms with E-state index >= 15 is 0 Å². The van der Waals surface area contributed by atoms with Crippen LogP contribution in [-0.4, -0.2) is 36.0 Å². The van der Waals surface area contributed by atoms with Gasteiger partial charge in [-0.15, -0.1) is 0 Å². The number of benzene rings is 3. The van der Waals surface area contributed by atoms with Crippen LogP contribution in [0.5, 0.6) is 0 Å². The number of amides is 1. The molecule has 5 heteroatoms. The molecule has 2 atom stereocenters. The van der Waals surface area contributed by atoms with Gasteiger partial charge in [0.25, 0.3) is 0 Å². The van der Waals surface area contributed by atoms with Crippen LogP contribution in [0.3, 0.4) is 0 Å². The number of hydrogen-bond donors (Lipinski definition) is 2. The second-order valence-electron chi connectivity index (χ2n) is 7.88. The lowest BCUT2D eigenvalue weighted by Crippen LogP contribution is -2.42. The molecule has 0 bridgehead atoms. The van der Waals surface area contributed by atoms with E-state index in [1.807, 2.05) is 31.2 Å². The molecule has 0 radical (unpaired) electrons. The number of fused-ring (bicyclic) bond motifs is 1. The average Bonchev–Trinajstić information content (AvgIpc) is 3.16. The SMILES string of the molecule is CCNC(=O)[C@@H]1C[C@@H](NCc2ccccc2Cl)CN1Cc1cccc2ccccc12. The average molecular weight is 422 g/mol. The minimum Gasteiger partial charge on any atom is -0.355 e. The molecular formula is C25H28ClN3O. The van der Waals surface area contributed by atoms with Gasteiger partial charge in [-0.1, -0.05) is 72.3 Å². The van der Waals surface area contributed by atoms with Gasteiger partial charge >= 0.3 is 0 Å². The third-order valence-corrected chi connectivity index (χ3v) is 6.22. The lowest BCUT2D eigenvalue weighted by molar-refractivity contribution is -0.125. The molecule has 0 unspecified atom stereocenters. The van der Waals surface area contributed by atoms with E-state index in [1.54, 1.807) is 0 Å². The molecule has 156 valence electrons. The van der Waals surface area contributed by atoms with E-state index in [1.165, 1.54) is 16.3 Å². The monoisotopic (exact) mass is 421 g/mol. The van der Waals surface area contributed by atoms with Gasteiger partial charge < -0.3 is 10.6 Å². The van der Waals surface area contributed by atoms with E-state index in [2.05, 4.69) is 58.0 Å². The summed E-state index contributed by atoms with van der Waals surface area (Å²) in [5.74, 6) is 0.111. The van der Waals surface area contributed by atoms with Crippen LogP contribution < -0.4 is 10.6 Å². The Morgan fingerprint density at radius 3 is 2.60 bits per heavy atom. The summed E-state index contributed by atoms with van der Waals surface area (Å²) >= 11 is 6.31. The van der Waals surface area contributed by atoms with Gasteiger partial charge in [-0.05, 0) is 41.3 Å². The third kappa shape index (κ3) is 4.67. The highest BCUT2D eigenvalue weighted by Gasteiger charge is 2.36. The smallest absolute Gasteiger partial charge is 0.237 e. The number of carbonyl (C=O) groups excluding carboxylic acids is 1. The molecule has 3 aromatic carbocycles. The highest BCUT2D eigenvalue weighted by molar-refractivity contribution is 6.31. The van der Waals surface area contributed by atoms with Crippen LogP contribution in [0.15, 0.2) is 66.7 Å². The normalized spacial score (nSPS) is 19.3. The fourth-order valence-electron chi connectivity index (χ4n) is 4.34. The zero-order valence-corrected chi connectivity index (χ0v) is 18.0. The number of halogens is 1. The van der Waals surface area contributed by atoms with Crippen LogP contribution in [0.2, 0.25) is 5.02 Å². The van der Waals surface area contributed by atoms with Gasteiger partial charge in [-0.3, -0.25) is 9.69 Å². The molecule has 4 nitrogen and oxygen atoms in total. The molecule has 1 fully saturated rings. The Kier molecular flexibility index (Phi) is 6.68. The molecule has 4 rings (SSSR count). The van der Waals surface area contributed by atoms with Gasteiger partial charge in [0.15, 0.2) is 0 Å². The number of carbonyl (C=O) groups is 1. The standard InChI is InChI=1S/C25H28ClN3O/c1-2-27-25(30)24-14-21(28-15-19-9-4-6-13-23(19)26)17-29(24)16-20-11-7-10-18-8-3-5-12-22(18)20/h3-13,21,24,28H,2,14-17H2,1H3,(H,27,30)/t21-,24+/m1/s1. The summed E-state index contributed by atoms with van der Waals surface area (Å²) in [4.78, 5) is 15.1. The largest absolute Gasteiger partial charge is 0.355 e. The van der Waals surface area contributed by atoms with E-state index in [-0.39, 0.29) is 18.0 Å². The van der Waals surface area contributed by atoms with Crippen molar-refractivity contribution in [1.29, 1.82) is 0 Å². The van der Waals surface area contributed by atoms with Crippen molar-refractivity contribution in [2.75, 3.05) is 13.1 Å².